The predicted octanol–water partition coefficient (Wildman–Crippen LogP) is 7.61. The molecule has 4 rings (SSSR count). The molecule has 0 fully saturated rings. The Bertz CT molecular complexity index is 1350. The van der Waals surface area contributed by atoms with Gasteiger partial charge in [-0.15, -0.1) is 0 Å². The standard InChI is InChI=1S/2C19H22N2O2.2Pd/c2*22-18-10-4-2-8-16(18)14-20-12-6-1-7-13-21-15-17-9-3-5-11-19(17)23;;/h2*2-5,8-11,14-15,22-23H,1,6-7,12-13H2;;. The summed E-state index contributed by atoms with van der Waals surface area (Å²) in [5, 5.41) is 38.4. The molecule has 0 aliphatic rings. The second-order valence-corrected chi connectivity index (χ2v) is 10.5. The van der Waals surface area contributed by atoms with Gasteiger partial charge < -0.3 is 20.4 Å². The van der Waals surface area contributed by atoms with E-state index in [1.54, 1.807) is 73.4 Å². The molecule has 0 bridgehead atoms. The van der Waals surface area contributed by atoms with Gasteiger partial charge in [-0.3, -0.25) is 20.0 Å². The summed E-state index contributed by atoms with van der Waals surface area (Å²) in [5.41, 5.74) is 3.00. The Hall–Kier alpha value is -3.92. The Morgan fingerprint density at radius 2 is 0.542 bits per heavy atom. The molecule has 10 heteroatoms. The Morgan fingerprint density at radius 3 is 0.750 bits per heavy atom. The van der Waals surface area contributed by atoms with E-state index in [4.69, 9.17) is 0 Å². The summed E-state index contributed by atoms with van der Waals surface area (Å²) >= 11 is 0. The van der Waals surface area contributed by atoms with Gasteiger partial charge in [0.15, 0.2) is 0 Å². The van der Waals surface area contributed by atoms with Crippen LogP contribution in [-0.2, 0) is 40.8 Å². The minimum absolute atomic E-state index is 0. The average molecular weight is 834 g/mol. The third-order valence-corrected chi connectivity index (χ3v) is 6.82. The van der Waals surface area contributed by atoms with Crippen molar-refractivity contribution in [3.8, 4) is 23.0 Å². The molecule has 0 radical (unpaired) electrons. The van der Waals surface area contributed by atoms with Gasteiger partial charge >= 0.3 is 0 Å². The smallest absolute Gasteiger partial charge is 0.124 e. The van der Waals surface area contributed by atoms with Gasteiger partial charge in [0, 0.05) is 114 Å². The number of aliphatic imine (C=N–C) groups is 4. The van der Waals surface area contributed by atoms with Crippen molar-refractivity contribution >= 4 is 24.9 Å². The predicted molar refractivity (Wildman–Crippen MR) is 190 cm³/mol. The molecule has 4 N–H and O–H groups in total. The van der Waals surface area contributed by atoms with E-state index in [9.17, 15) is 20.4 Å². The second-order valence-electron chi connectivity index (χ2n) is 10.5. The molecule has 0 aliphatic carbocycles. The molecule has 4 aromatic carbocycles. The van der Waals surface area contributed by atoms with Crippen molar-refractivity contribution in [1.29, 1.82) is 0 Å². The molecule has 8 nitrogen and oxygen atoms in total. The van der Waals surface area contributed by atoms with Gasteiger partial charge in [0.2, 0.25) is 0 Å². The van der Waals surface area contributed by atoms with E-state index in [2.05, 4.69) is 20.0 Å². The molecule has 0 spiro atoms. The topological polar surface area (TPSA) is 130 Å². The van der Waals surface area contributed by atoms with Crippen molar-refractivity contribution in [1.82, 2.24) is 0 Å². The number of nitrogens with zero attached hydrogens (tertiary/aromatic N) is 4. The number of hydrogen-bond acceptors (Lipinski definition) is 8. The van der Waals surface area contributed by atoms with Gasteiger partial charge in [0.1, 0.15) is 23.0 Å². The minimum Gasteiger partial charge on any atom is -0.507 e. The molecule has 0 atom stereocenters. The zero-order valence-corrected chi connectivity index (χ0v) is 29.9. The van der Waals surface area contributed by atoms with E-state index in [0.29, 0.717) is 0 Å². The van der Waals surface area contributed by atoms with E-state index >= 15 is 0 Å². The summed E-state index contributed by atoms with van der Waals surface area (Å²) < 4.78 is 0. The number of phenols is 4. The molecule has 4 aromatic rings. The first-order valence-electron chi connectivity index (χ1n) is 15.7. The van der Waals surface area contributed by atoms with Crippen molar-refractivity contribution in [2.45, 2.75) is 38.5 Å². The maximum atomic E-state index is 9.60. The minimum atomic E-state index is 0. The van der Waals surface area contributed by atoms with Gasteiger partial charge in [-0.1, -0.05) is 48.5 Å². The first kappa shape index (κ1) is 42.1. The molecule has 0 saturated carbocycles. The van der Waals surface area contributed by atoms with Gasteiger partial charge in [0.25, 0.3) is 0 Å². The summed E-state index contributed by atoms with van der Waals surface area (Å²) in [6.07, 6.45) is 12.9. The van der Waals surface area contributed by atoms with Crippen molar-refractivity contribution in [3.63, 3.8) is 0 Å². The van der Waals surface area contributed by atoms with Gasteiger partial charge in [-0.05, 0) is 87.1 Å². The SMILES string of the molecule is Oc1ccccc1C=NCCCCCN=Cc1ccccc1O.Oc1ccccc1C=NCCCCCN=Cc1ccccc1O.[Pd].[Pd]. The van der Waals surface area contributed by atoms with Crippen LogP contribution < -0.4 is 0 Å². The van der Waals surface area contributed by atoms with Crippen LogP contribution in [0, 0.1) is 0 Å². The first-order chi connectivity index (χ1) is 22.5. The summed E-state index contributed by atoms with van der Waals surface area (Å²) in [5.74, 6) is 1.04. The molecule has 0 saturated heterocycles. The third kappa shape index (κ3) is 17.3. The van der Waals surface area contributed by atoms with Crippen molar-refractivity contribution in [2.75, 3.05) is 26.2 Å². The van der Waals surface area contributed by atoms with Crippen LogP contribution in [0.2, 0.25) is 0 Å². The first-order valence-corrected chi connectivity index (χ1v) is 15.7. The van der Waals surface area contributed by atoms with Crippen LogP contribution in [0.1, 0.15) is 60.8 Å². The van der Waals surface area contributed by atoms with Crippen molar-refractivity contribution in [2.24, 2.45) is 20.0 Å². The maximum Gasteiger partial charge on any atom is 0.124 e. The molecule has 0 amide bonds. The van der Waals surface area contributed by atoms with Crippen LogP contribution in [0.5, 0.6) is 23.0 Å². The Labute approximate surface area is 311 Å². The van der Waals surface area contributed by atoms with Gasteiger partial charge in [0.05, 0.1) is 0 Å². The van der Waals surface area contributed by atoms with Crippen molar-refractivity contribution < 1.29 is 61.3 Å². The zero-order valence-electron chi connectivity index (χ0n) is 26.8. The molecule has 0 aromatic heterocycles. The van der Waals surface area contributed by atoms with Crippen LogP contribution in [0.25, 0.3) is 0 Å². The Kier molecular flexibility index (Phi) is 22.9. The van der Waals surface area contributed by atoms with Crippen LogP contribution >= 0.6 is 0 Å². The van der Waals surface area contributed by atoms with Crippen LogP contribution in [-0.4, -0.2) is 71.5 Å². The van der Waals surface area contributed by atoms with E-state index in [1.807, 2.05) is 48.5 Å². The summed E-state index contributed by atoms with van der Waals surface area (Å²) in [6, 6.07) is 28.7. The third-order valence-electron chi connectivity index (χ3n) is 6.82. The molecule has 48 heavy (non-hydrogen) atoms. The Morgan fingerprint density at radius 1 is 0.333 bits per heavy atom. The fraction of sp³-hybridized carbons (Fsp3) is 0.263. The van der Waals surface area contributed by atoms with E-state index in [0.717, 1.165) is 87.0 Å². The number of hydrogen-bond donors (Lipinski definition) is 4. The fourth-order valence-corrected chi connectivity index (χ4v) is 4.20. The van der Waals surface area contributed by atoms with E-state index in [1.165, 1.54) is 0 Å². The Balaban J connectivity index is 0.000000461. The summed E-state index contributed by atoms with van der Waals surface area (Å²) in [4.78, 5) is 17.3. The van der Waals surface area contributed by atoms with E-state index in [-0.39, 0.29) is 63.8 Å². The molecular weight excluding hydrogens is 789 g/mol. The molecule has 260 valence electrons. The van der Waals surface area contributed by atoms with Crippen LogP contribution in [0.4, 0.5) is 0 Å². The molecule has 0 heterocycles. The monoisotopic (exact) mass is 832 g/mol. The second kappa shape index (κ2) is 26.1. The summed E-state index contributed by atoms with van der Waals surface area (Å²) in [7, 11) is 0. The number of aromatic hydroxyl groups is 4. The van der Waals surface area contributed by atoms with Gasteiger partial charge in [-0.2, -0.15) is 0 Å². The number of unbranched alkanes of at least 4 members (excludes halogenated alkanes) is 4. The quantitative estimate of drug-likeness (QED) is 0.0527. The number of para-hydroxylation sites is 4. The van der Waals surface area contributed by atoms with Gasteiger partial charge in [-0.25, -0.2) is 0 Å². The van der Waals surface area contributed by atoms with Crippen LogP contribution in [0.15, 0.2) is 117 Å². The molecule has 0 unspecified atom stereocenters. The normalized spacial score (nSPS) is 11.0. The number of benzene rings is 4. The maximum absolute atomic E-state index is 9.60. The number of rotatable bonds is 16. The largest absolute Gasteiger partial charge is 0.507 e. The number of phenolic OH excluding ortho intramolecular Hbond substituents is 4. The zero-order chi connectivity index (χ0) is 32.7. The fourth-order valence-electron chi connectivity index (χ4n) is 4.20. The summed E-state index contributed by atoms with van der Waals surface area (Å²) in [6.45, 7) is 2.99. The van der Waals surface area contributed by atoms with E-state index < -0.39 is 0 Å². The van der Waals surface area contributed by atoms with Crippen LogP contribution in [0.3, 0.4) is 0 Å². The van der Waals surface area contributed by atoms with Crippen molar-refractivity contribution in [3.05, 3.63) is 119 Å². The molecule has 0 aliphatic heterocycles. The average Bonchev–Trinajstić information content (AvgIpc) is 3.06. The molecular formula is C38H44N4O4Pd2.